The van der Waals surface area contributed by atoms with Gasteiger partial charge in [-0.2, -0.15) is 0 Å². The predicted molar refractivity (Wildman–Crippen MR) is 65.1 cm³/mol. The Balaban J connectivity index is 2.92. The molecule has 0 bridgehead atoms. The number of unbranched alkanes of at least 4 members (excludes halogenated alkanes) is 1. The van der Waals surface area contributed by atoms with Crippen molar-refractivity contribution in [3.8, 4) is 0 Å². The van der Waals surface area contributed by atoms with Crippen molar-refractivity contribution in [3.63, 3.8) is 0 Å². The zero-order valence-electron chi connectivity index (χ0n) is 10.3. The molecule has 0 fully saturated rings. The van der Waals surface area contributed by atoms with Crippen LogP contribution in [0.1, 0.15) is 54.5 Å². The molecule has 0 amide bonds. The van der Waals surface area contributed by atoms with Gasteiger partial charge in [0.25, 0.3) is 0 Å². The number of hydrogen-bond acceptors (Lipinski definition) is 1. The van der Waals surface area contributed by atoms with Crippen molar-refractivity contribution in [2.45, 2.75) is 53.1 Å². The molecule has 0 aliphatic carbocycles. The van der Waals surface area contributed by atoms with E-state index in [1.165, 1.54) is 16.7 Å². The predicted octanol–water partition coefficient (Wildman–Crippen LogP) is 3.84. The van der Waals surface area contributed by atoms with Crippen molar-refractivity contribution in [2.24, 2.45) is 0 Å². The molecule has 0 radical (unpaired) electrons. The van der Waals surface area contributed by atoms with Crippen LogP contribution in [0, 0.1) is 20.8 Å². The zero-order valence-corrected chi connectivity index (χ0v) is 10.3. The van der Waals surface area contributed by atoms with Gasteiger partial charge >= 0.3 is 0 Å². The summed E-state index contributed by atoms with van der Waals surface area (Å²) in [5, 5.41) is 10.1. The normalized spacial score (nSPS) is 12.9. The summed E-state index contributed by atoms with van der Waals surface area (Å²) in [6, 6.07) is 4.30. The highest BCUT2D eigenvalue weighted by molar-refractivity contribution is 5.38. The van der Waals surface area contributed by atoms with Crippen LogP contribution in [0.5, 0.6) is 0 Å². The van der Waals surface area contributed by atoms with Gasteiger partial charge in [-0.05, 0) is 43.9 Å². The molecular weight excluding hydrogens is 184 g/mol. The van der Waals surface area contributed by atoms with Crippen LogP contribution in [0.25, 0.3) is 0 Å². The second-order valence-electron chi connectivity index (χ2n) is 4.47. The minimum Gasteiger partial charge on any atom is -0.388 e. The lowest BCUT2D eigenvalue weighted by Crippen LogP contribution is -2.03. The van der Waals surface area contributed by atoms with Gasteiger partial charge in [0.2, 0.25) is 0 Å². The summed E-state index contributed by atoms with van der Waals surface area (Å²) in [5.41, 5.74) is 4.85. The average molecular weight is 206 g/mol. The van der Waals surface area contributed by atoms with Crippen LogP contribution >= 0.6 is 0 Å². The van der Waals surface area contributed by atoms with Gasteiger partial charge in [-0.1, -0.05) is 37.5 Å². The molecule has 0 aliphatic heterocycles. The average Bonchev–Trinajstić information content (AvgIpc) is 2.12. The smallest absolute Gasteiger partial charge is 0.0795 e. The Kier molecular flexibility index (Phi) is 4.34. The Morgan fingerprint density at radius 2 is 1.67 bits per heavy atom. The topological polar surface area (TPSA) is 20.2 Å². The van der Waals surface area contributed by atoms with E-state index >= 15 is 0 Å². The second-order valence-corrected chi connectivity index (χ2v) is 4.47. The first-order chi connectivity index (χ1) is 7.06. The Bertz CT molecular complexity index is 305. The van der Waals surface area contributed by atoms with Gasteiger partial charge in [0.1, 0.15) is 0 Å². The first-order valence-corrected chi connectivity index (χ1v) is 5.82. The molecule has 0 heterocycles. The molecular formula is C14H22O. The van der Waals surface area contributed by atoms with Crippen molar-refractivity contribution in [2.75, 3.05) is 0 Å². The van der Waals surface area contributed by atoms with E-state index in [4.69, 9.17) is 0 Å². The standard InChI is InChI=1S/C14H22O/c1-5-6-7-13(15)14-11(3)8-10(2)9-12(14)4/h8-9,13,15H,5-7H2,1-4H3. The van der Waals surface area contributed by atoms with E-state index in [9.17, 15) is 5.11 Å². The van der Waals surface area contributed by atoms with Crippen LogP contribution in [-0.4, -0.2) is 5.11 Å². The Morgan fingerprint density at radius 1 is 1.13 bits per heavy atom. The van der Waals surface area contributed by atoms with Crippen LogP contribution in [0.3, 0.4) is 0 Å². The first-order valence-electron chi connectivity index (χ1n) is 5.82. The second kappa shape index (κ2) is 5.32. The first kappa shape index (κ1) is 12.3. The van der Waals surface area contributed by atoms with Crippen molar-refractivity contribution in [3.05, 3.63) is 34.4 Å². The fourth-order valence-electron chi connectivity index (χ4n) is 2.26. The molecule has 0 aromatic heterocycles. The molecule has 1 aromatic carbocycles. The number of aliphatic hydroxyl groups is 1. The molecule has 1 unspecified atom stereocenters. The fourth-order valence-corrected chi connectivity index (χ4v) is 2.26. The van der Waals surface area contributed by atoms with E-state index in [1.807, 2.05) is 0 Å². The maximum atomic E-state index is 10.1. The van der Waals surface area contributed by atoms with E-state index in [1.54, 1.807) is 0 Å². The van der Waals surface area contributed by atoms with Crippen molar-refractivity contribution in [1.82, 2.24) is 0 Å². The minimum absolute atomic E-state index is 0.287. The van der Waals surface area contributed by atoms with Gasteiger partial charge in [0, 0.05) is 0 Å². The summed E-state index contributed by atoms with van der Waals surface area (Å²) in [7, 11) is 0. The van der Waals surface area contributed by atoms with E-state index in [0.29, 0.717) is 0 Å². The molecule has 1 rings (SSSR count). The monoisotopic (exact) mass is 206 g/mol. The van der Waals surface area contributed by atoms with E-state index in [-0.39, 0.29) is 6.10 Å². The van der Waals surface area contributed by atoms with Crippen LogP contribution < -0.4 is 0 Å². The summed E-state index contributed by atoms with van der Waals surface area (Å²) < 4.78 is 0. The number of aryl methyl sites for hydroxylation is 3. The highest BCUT2D eigenvalue weighted by Crippen LogP contribution is 2.26. The summed E-state index contributed by atoms with van der Waals surface area (Å²) >= 11 is 0. The summed E-state index contributed by atoms with van der Waals surface area (Å²) in [6.07, 6.45) is 2.82. The van der Waals surface area contributed by atoms with Crippen LogP contribution in [-0.2, 0) is 0 Å². The van der Waals surface area contributed by atoms with E-state index in [2.05, 4.69) is 39.8 Å². The molecule has 0 aliphatic rings. The summed E-state index contributed by atoms with van der Waals surface area (Å²) in [4.78, 5) is 0. The number of aliphatic hydroxyl groups excluding tert-OH is 1. The quantitative estimate of drug-likeness (QED) is 0.793. The lowest BCUT2D eigenvalue weighted by Gasteiger charge is -2.17. The highest BCUT2D eigenvalue weighted by atomic mass is 16.3. The third-order valence-electron chi connectivity index (χ3n) is 2.90. The third-order valence-corrected chi connectivity index (χ3v) is 2.90. The molecule has 84 valence electrons. The highest BCUT2D eigenvalue weighted by Gasteiger charge is 2.12. The number of hydrogen-bond donors (Lipinski definition) is 1. The third kappa shape index (κ3) is 3.07. The van der Waals surface area contributed by atoms with Gasteiger partial charge in [-0.3, -0.25) is 0 Å². The molecule has 1 atom stereocenters. The van der Waals surface area contributed by atoms with Gasteiger partial charge in [-0.15, -0.1) is 0 Å². The molecule has 1 heteroatoms. The lowest BCUT2D eigenvalue weighted by molar-refractivity contribution is 0.163. The van der Waals surface area contributed by atoms with Gasteiger partial charge in [0.15, 0.2) is 0 Å². The molecule has 1 N–H and O–H groups in total. The molecule has 1 aromatic rings. The van der Waals surface area contributed by atoms with Crippen molar-refractivity contribution in [1.29, 1.82) is 0 Å². The van der Waals surface area contributed by atoms with E-state index < -0.39 is 0 Å². The van der Waals surface area contributed by atoms with Gasteiger partial charge < -0.3 is 5.11 Å². The van der Waals surface area contributed by atoms with Crippen LogP contribution in [0.2, 0.25) is 0 Å². The Labute approximate surface area is 93.1 Å². The molecule has 0 saturated carbocycles. The fraction of sp³-hybridized carbons (Fsp3) is 0.571. The number of rotatable bonds is 4. The SMILES string of the molecule is CCCCC(O)c1c(C)cc(C)cc1C. The maximum absolute atomic E-state index is 10.1. The van der Waals surface area contributed by atoms with E-state index in [0.717, 1.165) is 24.8 Å². The van der Waals surface area contributed by atoms with Crippen LogP contribution in [0.4, 0.5) is 0 Å². The maximum Gasteiger partial charge on any atom is 0.0795 e. The lowest BCUT2D eigenvalue weighted by atomic mass is 9.93. The summed E-state index contributed by atoms with van der Waals surface area (Å²) in [5.74, 6) is 0. The Hall–Kier alpha value is -0.820. The molecule has 0 spiro atoms. The Morgan fingerprint density at radius 3 is 2.13 bits per heavy atom. The zero-order chi connectivity index (χ0) is 11.4. The largest absolute Gasteiger partial charge is 0.388 e. The van der Waals surface area contributed by atoms with Gasteiger partial charge in [0.05, 0.1) is 6.10 Å². The minimum atomic E-state index is -0.287. The molecule has 15 heavy (non-hydrogen) atoms. The van der Waals surface area contributed by atoms with Crippen molar-refractivity contribution < 1.29 is 5.11 Å². The number of benzene rings is 1. The summed E-state index contributed by atoms with van der Waals surface area (Å²) in [6.45, 7) is 8.43. The molecule has 0 saturated heterocycles. The van der Waals surface area contributed by atoms with Crippen LogP contribution in [0.15, 0.2) is 12.1 Å². The van der Waals surface area contributed by atoms with Crippen molar-refractivity contribution >= 4 is 0 Å². The molecule has 1 nitrogen and oxygen atoms in total. The van der Waals surface area contributed by atoms with Gasteiger partial charge in [-0.25, -0.2) is 0 Å².